The molecule has 3 fully saturated rings. The van der Waals surface area contributed by atoms with Crippen LogP contribution >= 0.6 is 0 Å². The van der Waals surface area contributed by atoms with Gasteiger partial charge in [0.05, 0.1) is 18.9 Å². The lowest BCUT2D eigenvalue weighted by Gasteiger charge is -2.48. The zero-order chi connectivity index (χ0) is 17.5. The third kappa shape index (κ3) is 3.17. The van der Waals surface area contributed by atoms with Gasteiger partial charge in [-0.1, -0.05) is 0 Å². The largest absolute Gasteiger partial charge is 0.378 e. The van der Waals surface area contributed by atoms with Gasteiger partial charge in [0.2, 0.25) is 0 Å². The van der Waals surface area contributed by atoms with Crippen molar-refractivity contribution in [3.63, 3.8) is 0 Å². The summed E-state index contributed by atoms with van der Waals surface area (Å²) in [5.74, 6) is 0.656. The number of hydrogen-bond donors (Lipinski definition) is 0. The van der Waals surface area contributed by atoms with Gasteiger partial charge in [-0.05, 0) is 48.6 Å². The van der Waals surface area contributed by atoms with Gasteiger partial charge in [-0.25, -0.2) is 9.07 Å². The molecule has 3 heterocycles. The Hall–Kier alpha value is -1.76. The maximum Gasteiger partial charge on any atom is 0.123 e. The predicted molar refractivity (Wildman–Crippen MR) is 96.6 cm³/mol. The molecule has 3 aliphatic rings. The minimum Gasteiger partial charge on any atom is -0.378 e. The summed E-state index contributed by atoms with van der Waals surface area (Å²) < 4.78 is 21.6. The Kier molecular flexibility index (Phi) is 4.27. The minimum atomic E-state index is -0.190. The summed E-state index contributed by atoms with van der Waals surface area (Å²) in [6.45, 7) is 5.55. The average molecular weight is 356 g/mol. The molecule has 0 amide bonds. The quantitative estimate of drug-likeness (QED) is 0.842. The fraction of sp³-hybridized carbons (Fsp3) is 0.550. The van der Waals surface area contributed by atoms with E-state index >= 15 is 0 Å². The third-order valence-electron chi connectivity index (χ3n) is 5.99. The molecule has 1 saturated carbocycles. The molecule has 5 rings (SSSR count). The highest BCUT2D eigenvalue weighted by atomic mass is 19.1. The Bertz CT molecular complexity index is 761. The SMILES string of the molecule is Fc1ccc(-n2cccn2)c(CN2CCN3[C@@H](COC[C@@H]3C3CC3)C2)c1. The zero-order valence-corrected chi connectivity index (χ0v) is 14.9. The van der Waals surface area contributed by atoms with Gasteiger partial charge in [-0.15, -0.1) is 0 Å². The van der Waals surface area contributed by atoms with Crippen LogP contribution in [0.3, 0.4) is 0 Å². The van der Waals surface area contributed by atoms with Gasteiger partial charge in [-0.2, -0.15) is 5.10 Å². The Morgan fingerprint density at radius 3 is 2.92 bits per heavy atom. The standard InChI is InChI=1S/C20H25FN4O/c21-17-4-5-19(25-7-1-6-22-25)16(10-17)11-23-8-9-24-18(12-23)13-26-14-20(24)15-2-3-15/h1,4-7,10,15,18,20H,2-3,8-9,11-14H2/t18-,20-/m1/s1. The number of morpholine rings is 1. The van der Waals surface area contributed by atoms with E-state index in [0.29, 0.717) is 12.1 Å². The van der Waals surface area contributed by atoms with E-state index in [0.717, 1.165) is 56.6 Å². The van der Waals surface area contributed by atoms with Crippen LogP contribution < -0.4 is 0 Å². The van der Waals surface area contributed by atoms with Crippen LogP contribution in [0.5, 0.6) is 0 Å². The molecular formula is C20H25FN4O. The highest BCUT2D eigenvalue weighted by Crippen LogP contribution is 2.38. The molecule has 2 aliphatic heterocycles. The summed E-state index contributed by atoms with van der Waals surface area (Å²) in [5, 5.41) is 4.32. The van der Waals surface area contributed by atoms with E-state index in [9.17, 15) is 4.39 Å². The molecule has 0 unspecified atom stereocenters. The second-order valence-corrected chi connectivity index (χ2v) is 7.79. The van der Waals surface area contributed by atoms with Crippen molar-refractivity contribution in [1.29, 1.82) is 0 Å². The number of halogens is 1. The Morgan fingerprint density at radius 2 is 2.12 bits per heavy atom. The van der Waals surface area contributed by atoms with Gasteiger partial charge in [0.15, 0.2) is 0 Å². The molecule has 2 aromatic rings. The summed E-state index contributed by atoms with van der Waals surface area (Å²) in [4.78, 5) is 5.11. The molecule has 0 N–H and O–H groups in total. The summed E-state index contributed by atoms with van der Waals surface area (Å²) >= 11 is 0. The molecule has 0 bridgehead atoms. The van der Waals surface area contributed by atoms with Gasteiger partial charge >= 0.3 is 0 Å². The van der Waals surface area contributed by atoms with Gasteiger partial charge in [0.1, 0.15) is 5.82 Å². The molecule has 0 radical (unpaired) electrons. The Balaban J connectivity index is 1.32. The second kappa shape index (κ2) is 6.76. The fourth-order valence-corrected chi connectivity index (χ4v) is 4.53. The van der Waals surface area contributed by atoms with Crippen molar-refractivity contribution < 1.29 is 9.13 Å². The summed E-state index contributed by atoms with van der Waals surface area (Å²) in [6, 6.07) is 7.94. The maximum absolute atomic E-state index is 13.9. The molecule has 2 atom stereocenters. The summed E-state index contributed by atoms with van der Waals surface area (Å²) in [5.41, 5.74) is 1.94. The third-order valence-corrected chi connectivity index (χ3v) is 5.99. The number of ether oxygens (including phenoxy) is 1. The molecule has 138 valence electrons. The van der Waals surface area contributed by atoms with E-state index in [-0.39, 0.29) is 5.82 Å². The van der Waals surface area contributed by atoms with E-state index in [1.807, 2.05) is 23.0 Å². The molecule has 6 heteroatoms. The van der Waals surface area contributed by atoms with Crippen molar-refractivity contribution in [1.82, 2.24) is 19.6 Å². The number of nitrogens with zero attached hydrogens (tertiary/aromatic N) is 4. The summed E-state index contributed by atoms with van der Waals surface area (Å²) in [7, 11) is 0. The van der Waals surface area contributed by atoms with Crippen molar-refractivity contribution in [2.24, 2.45) is 5.92 Å². The van der Waals surface area contributed by atoms with Crippen molar-refractivity contribution in [3.05, 3.63) is 48.0 Å². The van der Waals surface area contributed by atoms with E-state index < -0.39 is 0 Å². The van der Waals surface area contributed by atoms with Crippen LogP contribution in [-0.2, 0) is 11.3 Å². The first-order valence-corrected chi connectivity index (χ1v) is 9.62. The Morgan fingerprint density at radius 1 is 1.19 bits per heavy atom. The lowest BCUT2D eigenvalue weighted by Crippen LogP contribution is -2.62. The number of hydrogen-bond acceptors (Lipinski definition) is 4. The predicted octanol–water partition coefficient (Wildman–Crippen LogP) is 2.31. The number of aromatic nitrogens is 2. The molecule has 1 aliphatic carbocycles. The highest BCUT2D eigenvalue weighted by molar-refractivity contribution is 5.40. The smallest absolute Gasteiger partial charge is 0.123 e. The van der Waals surface area contributed by atoms with Crippen LogP contribution in [0.2, 0.25) is 0 Å². The van der Waals surface area contributed by atoms with Crippen LogP contribution in [0.4, 0.5) is 4.39 Å². The lowest BCUT2D eigenvalue weighted by molar-refractivity contribution is -0.0880. The van der Waals surface area contributed by atoms with E-state index in [2.05, 4.69) is 14.9 Å². The van der Waals surface area contributed by atoms with Crippen molar-refractivity contribution in [2.45, 2.75) is 31.5 Å². The topological polar surface area (TPSA) is 33.5 Å². The van der Waals surface area contributed by atoms with Crippen molar-refractivity contribution in [3.8, 4) is 5.69 Å². The lowest BCUT2D eigenvalue weighted by atomic mass is 10.0. The van der Waals surface area contributed by atoms with Crippen molar-refractivity contribution in [2.75, 3.05) is 32.8 Å². The fourth-order valence-electron chi connectivity index (χ4n) is 4.53. The Labute approximate surface area is 153 Å². The van der Waals surface area contributed by atoms with Gasteiger partial charge in [-0.3, -0.25) is 9.80 Å². The normalized spacial score (nSPS) is 27.4. The first-order valence-electron chi connectivity index (χ1n) is 9.62. The summed E-state index contributed by atoms with van der Waals surface area (Å²) in [6.07, 6.45) is 6.38. The average Bonchev–Trinajstić information content (AvgIpc) is 3.36. The molecule has 5 nitrogen and oxygen atoms in total. The van der Waals surface area contributed by atoms with E-state index in [1.54, 1.807) is 12.3 Å². The number of fused-ring (bicyclic) bond motifs is 1. The monoisotopic (exact) mass is 356 g/mol. The molecule has 2 saturated heterocycles. The van der Waals surface area contributed by atoms with Crippen LogP contribution in [-0.4, -0.2) is 64.5 Å². The van der Waals surface area contributed by atoms with E-state index in [1.165, 1.54) is 18.9 Å². The number of piperazine rings is 1. The highest BCUT2D eigenvalue weighted by Gasteiger charge is 2.42. The minimum absolute atomic E-state index is 0.190. The van der Waals surface area contributed by atoms with Gasteiger partial charge in [0, 0.05) is 50.7 Å². The van der Waals surface area contributed by atoms with Crippen LogP contribution in [0, 0.1) is 11.7 Å². The number of rotatable bonds is 4. The second-order valence-electron chi connectivity index (χ2n) is 7.79. The number of benzene rings is 1. The first-order chi connectivity index (χ1) is 12.8. The van der Waals surface area contributed by atoms with Gasteiger partial charge in [0.25, 0.3) is 0 Å². The van der Waals surface area contributed by atoms with Crippen molar-refractivity contribution >= 4 is 0 Å². The van der Waals surface area contributed by atoms with Crippen LogP contribution in [0.25, 0.3) is 5.69 Å². The first kappa shape index (κ1) is 16.4. The van der Waals surface area contributed by atoms with Gasteiger partial charge < -0.3 is 4.74 Å². The van der Waals surface area contributed by atoms with Crippen LogP contribution in [0.1, 0.15) is 18.4 Å². The maximum atomic E-state index is 13.9. The molecule has 1 aromatic heterocycles. The molecule has 0 spiro atoms. The van der Waals surface area contributed by atoms with Crippen LogP contribution in [0.15, 0.2) is 36.7 Å². The molecule has 26 heavy (non-hydrogen) atoms. The molecular weight excluding hydrogens is 331 g/mol. The molecule has 1 aromatic carbocycles. The van der Waals surface area contributed by atoms with E-state index in [4.69, 9.17) is 4.74 Å². The zero-order valence-electron chi connectivity index (χ0n) is 14.9.